The maximum atomic E-state index is 13.1. The van der Waals surface area contributed by atoms with Gasteiger partial charge in [0.05, 0.1) is 17.7 Å². The molecule has 2 N–H and O–H groups in total. The van der Waals surface area contributed by atoms with E-state index < -0.39 is 22.7 Å². The number of amides is 1. The van der Waals surface area contributed by atoms with Crippen molar-refractivity contribution in [2.24, 2.45) is 0 Å². The highest BCUT2D eigenvalue weighted by molar-refractivity contribution is 6.31. The van der Waals surface area contributed by atoms with Crippen LogP contribution in [0.4, 0.5) is 24.8 Å². The molecular weight excluding hydrogens is 533 g/mol. The van der Waals surface area contributed by atoms with Gasteiger partial charge in [-0.1, -0.05) is 35.9 Å². The predicted molar refractivity (Wildman–Crippen MR) is 142 cm³/mol. The van der Waals surface area contributed by atoms with E-state index in [1.54, 1.807) is 37.6 Å². The van der Waals surface area contributed by atoms with Crippen molar-refractivity contribution in [1.82, 2.24) is 9.97 Å². The van der Waals surface area contributed by atoms with Gasteiger partial charge >= 0.3 is 6.18 Å². The Bertz CT molecular complexity index is 1430. The topological polar surface area (TPSA) is 85.4 Å². The lowest BCUT2D eigenvalue weighted by Crippen LogP contribution is -2.14. The van der Waals surface area contributed by atoms with Crippen LogP contribution in [0.2, 0.25) is 5.02 Å². The number of methoxy groups -OCH3 is 1. The number of benzene rings is 3. The first-order chi connectivity index (χ1) is 18.7. The number of rotatable bonds is 10. The quantitative estimate of drug-likeness (QED) is 0.216. The molecule has 0 aliphatic heterocycles. The van der Waals surface area contributed by atoms with Crippen molar-refractivity contribution in [2.75, 3.05) is 17.7 Å². The molecule has 0 saturated carbocycles. The zero-order valence-corrected chi connectivity index (χ0v) is 21.5. The van der Waals surface area contributed by atoms with Crippen molar-refractivity contribution < 1.29 is 27.4 Å². The molecule has 4 rings (SSSR count). The standard InChI is InChI=1S/C28H24ClF3N4O3/c1-38-21-9-5-19(6-10-21)17-34-27-33-14-13-26(36-27)39-22-4-2-3-18(15-22)7-12-25(37)35-20-8-11-24(29)23(16-20)28(30,31)32/h2-6,8-11,13-16H,7,12,17H2,1H3,(H,35,37)(H,33,34,36). The van der Waals surface area contributed by atoms with Crippen LogP contribution in [0, 0.1) is 0 Å². The second kappa shape index (κ2) is 12.5. The zero-order valence-electron chi connectivity index (χ0n) is 20.8. The Hall–Kier alpha value is -4.31. The lowest BCUT2D eigenvalue weighted by molar-refractivity contribution is -0.137. The van der Waals surface area contributed by atoms with E-state index in [0.29, 0.717) is 30.5 Å². The average molecular weight is 557 g/mol. The molecular formula is C28H24ClF3N4O3. The molecule has 0 unspecified atom stereocenters. The largest absolute Gasteiger partial charge is 0.497 e. The van der Waals surface area contributed by atoms with Gasteiger partial charge in [0.1, 0.15) is 11.5 Å². The summed E-state index contributed by atoms with van der Waals surface area (Å²) in [6.07, 6.45) is -2.63. The summed E-state index contributed by atoms with van der Waals surface area (Å²) in [6.45, 7) is 0.512. The summed E-state index contributed by atoms with van der Waals surface area (Å²) in [5, 5.41) is 5.20. The van der Waals surface area contributed by atoms with E-state index in [4.69, 9.17) is 21.1 Å². The number of alkyl halides is 3. The van der Waals surface area contributed by atoms with Gasteiger partial charge in [-0.15, -0.1) is 0 Å². The number of nitrogens with zero attached hydrogens (tertiary/aromatic N) is 2. The third kappa shape index (κ3) is 8.08. The maximum Gasteiger partial charge on any atom is 0.417 e. The number of carbonyl (C=O) groups excluding carboxylic acids is 1. The number of ether oxygens (including phenoxy) is 2. The van der Waals surface area contributed by atoms with Crippen molar-refractivity contribution in [2.45, 2.75) is 25.6 Å². The van der Waals surface area contributed by atoms with E-state index in [1.165, 1.54) is 6.07 Å². The summed E-state index contributed by atoms with van der Waals surface area (Å²) in [5.74, 6) is 1.59. The molecule has 0 atom stereocenters. The molecule has 0 fully saturated rings. The van der Waals surface area contributed by atoms with Crippen LogP contribution in [0.25, 0.3) is 0 Å². The second-order valence-electron chi connectivity index (χ2n) is 8.41. The van der Waals surface area contributed by atoms with Crippen LogP contribution in [0.15, 0.2) is 79.0 Å². The first-order valence-corrected chi connectivity index (χ1v) is 12.2. The molecule has 1 aromatic heterocycles. The molecule has 0 aliphatic rings. The monoisotopic (exact) mass is 556 g/mol. The molecule has 0 radical (unpaired) electrons. The predicted octanol–water partition coefficient (Wildman–Crippen LogP) is 7.13. The molecule has 7 nitrogen and oxygen atoms in total. The SMILES string of the molecule is COc1ccc(CNc2nccc(Oc3cccc(CCC(=O)Nc4ccc(Cl)c(C(F)(F)F)c4)c3)n2)cc1. The average Bonchev–Trinajstić information content (AvgIpc) is 2.92. The third-order valence-electron chi connectivity index (χ3n) is 5.56. The minimum absolute atomic E-state index is 0.0222. The van der Waals surface area contributed by atoms with Crippen molar-refractivity contribution in [3.63, 3.8) is 0 Å². The number of halogens is 4. The number of anilines is 2. The van der Waals surface area contributed by atoms with Crippen LogP contribution in [-0.4, -0.2) is 23.0 Å². The molecule has 202 valence electrons. The minimum Gasteiger partial charge on any atom is -0.497 e. The molecule has 0 bridgehead atoms. The van der Waals surface area contributed by atoms with Crippen molar-refractivity contribution in [1.29, 1.82) is 0 Å². The van der Waals surface area contributed by atoms with Crippen molar-refractivity contribution >= 4 is 29.1 Å². The second-order valence-corrected chi connectivity index (χ2v) is 8.82. The zero-order chi connectivity index (χ0) is 27.8. The highest BCUT2D eigenvalue weighted by atomic mass is 35.5. The van der Waals surface area contributed by atoms with Gasteiger partial charge in [0.2, 0.25) is 17.7 Å². The molecule has 0 saturated heterocycles. The van der Waals surface area contributed by atoms with Crippen LogP contribution < -0.4 is 20.1 Å². The third-order valence-corrected chi connectivity index (χ3v) is 5.89. The maximum absolute atomic E-state index is 13.1. The highest BCUT2D eigenvalue weighted by Gasteiger charge is 2.33. The van der Waals surface area contributed by atoms with E-state index in [2.05, 4.69) is 20.6 Å². The molecule has 0 aliphatic carbocycles. The summed E-state index contributed by atoms with van der Waals surface area (Å²) in [7, 11) is 1.61. The molecule has 3 aromatic carbocycles. The van der Waals surface area contributed by atoms with Crippen LogP contribution in [0.1, 0.15) is 23.1 Å². The van der Waals surface area contributed by atoms with Gasteiger partial charge in [-0.25, -0.2) is 4.98 Å². The van der Waals surface area contributed by atoms with E-state index in [1.807, 2.05) is 30.3 Å². The van der Waals surface area contributed by atoms with Gasteiger partial charge in [-0.2, -0.15) is 18.2 Å². The smallest absolute Gasteiger partial charge is 0.417 e. The number of aryl methyl sites for hydroxylation is 1. The van der Waals surface area contributed by atoms with Crippen LogP contribution >= 0.6 is 11.6 Å². The van der Waals surface area contributed by atoms with Gasteiger partial charge < -0.3 is 20.1 Å². The molecule has 39 heavy (non-hydrogen) atoms. The first kappa shape index (κ1) is 27.7. The van der Waals surface area contributed by atoms with E-state index in [-0.39, 0.29) is 12.1 Å². The Morgan fingerprint density at radius 2 is 1.77 bits per heavy atom. The Balaban J connectivity index is 1.31. The van der Waals surface area contributed by atoms with Gasteiger partial charge in [-0.3, -0.25) is 4.79 Å². The summed E-state index contributed by atoms with van der Waals surface area (Å²) in [6, 6.07) is 19.6. The fourth-order valence-electron chi connectivity index (χ4n) is 3.60. The minimum atomic E-state index is -4.62. The fourth-order valence-corrected chi connectivity index (χ4v) is 3.82. The van der Waals surface area contributed by atoms with Gasteiger partial charge in [0, 0.05) is 30.9 Å². The van der Waals surface area contributed by atoms with Crippen LogP contribution in [0.5, 0.6) is 17.4 Å². The summed E-state index contributed by atoms with van der Waals surface area (Å²) < 4.78 is 50.2. The van der Waals surface area contributed by atoms with Crippen molar-refractivity contribution in [3.8, 4) is 17.4 Å². The Morgan fingerprint density at radius 3 is 2.51 bits per heavy atom. The van der Waals surface area contributed by atoms with Crippen molar-refractivity contribution in [3.05, 3.63) is 101 Å². The summed E-state index contributed by atoms with van der Waals surface area (Å²) >= 11 is 5.63. The van der Waals surface area contributed by atoms with E-state index in [0.717, 1.165) is 29.0 Å². The number of carbonyl (C=O) groups is 1. The molecule has 0 spiro atoms. The number of aromatic nitrogens is 2. The Morgan fingerprint density at radius 1 is 0.974 bits per heavy atom. The van der Waals surface area contributed by atoms with Gasteiger partial charge in [0.25, 0.3) is 0 Å². The fraction of sp³-hybridized carbons (Fsp3) is 0.179. The Labute approximate surface area is 228 Å². The van der Waals surface area contributed by atoms with Gasteiger partial charge in [0.15, 0.2) is 0 Å². The molecule has 4 aromatic rings. The van der Waals surface area contributed by atoms with Crippen LogP contribution in [0.3, 0.4) is 0 Å². The van der Waals surface area contributed by atoms with Gasteiger partial charge in [-0.05, 0) is 60.0 Å². The molecule has 11 heteroatoms. The summed E-state index contributed by atoms with van der Waals surface area (Å²) in [5.41, 5.74) is 0.852. The van der Waals surface area contributed by atoms with Crippen LogP contribution in [-0.2, 0) is 23.9 Å². The molecule has 1 heterocycles. The molecule has 1 amide bonds. The van der Waals surface area contributed by atoms with E-state index >= 15 is 0 Å². The number of hydrogen-bond donors (Lipinski definition) is 2. The lowest BCUT2D eigenvalue weighted by atomic mass is 10.1. The van der Waals surface area contributed by atoms with E-state index in [9.17, 15) is 18.0 Å². The Kier molecular flexibility index (Phi) is 8.88. The number of hydrogen-bond acceptors (Lipinski definition) is 6. The normalized spacial score (nSPS) is 11.1. The summed E-state index contributed by atoms with van der Waals surface area (Å²) in [4.78, 5) is 20.9. The first-order valence-electron chi connectivity index (χ1n) is 11.8. The highest BCUT2D eigenvalue weighted by Crippen LogP contribution is 2.36. The number of nitrogens with one attached hydrogen (secondary N) is 2. The lowest BCUT2D eigenvalue weighted by Gasteiger charge is -2.12.